The Morgan fingerprint density at radius 1 is 1.33 bits per heavy atom. The van der Waals surface area contributed by atoms with Crippen molar-refractivity contribution in [3.8, 4) is 5.75 Å². The van der Waals surface area contributed by atoms with Gasteiger partial charge >= 0.3 is 6.36 Å². The van der Waals surface area contributed by atoms with Crippen molar-refractivity contribution in [2.45, 2.75) is 18.8 Å². The highest BCUT2D eigenvalue weighted by molar-refractivity contribution is 5.85. The lowest BCUT2D eigenvalue weighted by atomic mass is 10.0. The number of hydrogen-bond acceptors (Lipinski definition) is 4. The number of carbonyl (C=O) groups excluding carboxylic acids is 1. The molecule has 2 aliphatic rings. The van der Waals surface area contributed by atoms with Crippen molar-refractivity contribution in [2.24, 2.45) is 5.92 Å². The van der Waals surface area contributed by atoms with Gasteiger partial charge in [-0.25, -0.2) is 0 Å². The molecule has 0 aromatic heterocycles. The van der Waals surface area contributed by atoms with Gasteiger partial charge < -0.3 is 20.3 Å². The van der Waals surface area contributed by atoms with Crippen molar-refractivity contribution in [1.82, 2.24) is 10.6 Å². The molecule has 24 heavy (non-hydrogen) atoms. The fourth-order valence-electron chi connectivity index (χ4n) is 2.78. The van der Waals surface area contributed by atoms with Gasteiger partial charge in [-0.3, -0.25) is 4.79 Å². The summed E-state index contributed by atoms with van der Waals surface area (Å²) in [6, 6.07) is 5.94. The largest absolute Gasteiger partial charge is 0.573 e. The topological polar surface area (TPSA) is 53.6 Å². The van der Waals surface area contributed by atoms with Crippen LogP contribution >= 0.6 is 12.4 Å². The lowest BCUT2D eigenvalue weighted by Gasteiger charge is -2.27. The highest BCUT2D eigenvalue weighted by atomic mass is 35.5. The fourth-order valence-corrected chi connectivity index (χ4v) is 2.78. The quantitative estimate of drug-likeness (QED) is 0.856. The molecule has 2 N–H and O–H groups in total. The summed E-state index contributed by atoms with van der Waals surface area (Å²) in [6.07, 6.45) is -3.92. The number of hydrogen-bond donors (Lipinski definition) is 2. The lowest BCUT2D eigenvalue weighted by molar-refractivity contribution is -0.274. The number of nitrogens with one attached hydrogen (secondary N) is 2. The second-order valence-electron chi connectivity index (χ2n) is 5.84. The molecule has 3 rings (SSSR count). The average molecular weight is 366 g/mol. The number of alkyl halides is 3. The van der Waals surface area contributed by atoms with E-state index in [0.717, 1.165) is 6.42 Å². The van der Waals surface area contributed by atoms with Crippen LogP contribution in [0, 0.1) is 5.92 Å². The summed E-state index contributed by atoms with van der Waals surface area (Å²) in [6.45, 7) is 2.68. The van der Waals surface area contributed by atoms with Crippen molar-refractivity contribution in [3.63, 3.8) is 0 Å². The molecule has 134 valence electrons. The number of anilines is 1. The van der Waals surface area contributed by atoms with E-state index in [9.17, 15) is 18.0 Å². The highest BCUT2D eigenvalue weighted by Gasteiger charge is 2.32. The summed E-state index contributed by atoms with van der Waals surface area (Å²) in [7, 11) is 0. The Bertz CT molecular complexity index is 581. The van der Waals surface area contributed by atoms with E-state index in [-0.39, 0.29) is 36.0 Å². The third-order valence-electron chi connectivity index (χ3n) is 4.10. The number of rotatable bonds is 4. The SMILES string of the molecule is Cl.O=C(NC1CCN(c2cccc(OC(F)(F)F)c2)C1)C1CNC1. The maximum atomic E-state index is 12.3. The first-order valence-corrected chi connectivity index (χ1v) is 7.52. The van der Waals surface area contributed by atoms with E-state index >= 15 is 0 Å². The van der Waals surface area contributed by atoms with Crippen LogP contribution in [0.2, 0.25) is 0 Å². The van der Waals surface area contributed by atoms with Gasteiger partial charge in [0.2, 0.25) is 5.91 Å². The highest BCUT2D eigenvalue weighted by Crippen LogP contribution is 2.28. The zero-order chi connectivity index (χ0) is 16.4. The summed E-state index contributed by atoms with van der Waals surface area (Å²) in [5.74, 6) is -0.152. The third kappa shape index (κ3) is 4.67. The van der Waals surface area contributed by atoms with E-state index in [4.69, 9.17) is 0 Å². The van der Waals surface area contributed by atoms with Crippen molar-refractivity contribution < 1.29 is 22.7 Å². The van der Waals surface area contributed by atoms with Crippen LogP contribution in [0.25, 0.3) is 0 Å². The van der Waals surface area contributed by atoms with Gasteiger partial charge in [-0.15, -0.1) is 25.6 Å². The van der Waals surface area contributed by atoms with Crippen molar-refractivity contribution in [1.29, 1.82) is 0 Å². The van der Waals surface area contributed by atoms with E-state index in [2.05, 4.69) is 15.4 Å². The maximum absolute atomic E-state index is 12.3. The second kappa shape index (κ2) is 7.48. The van der Waals surface area contributed by atoms with Crippen LogP contribution in [0.15, 0.2) is 24.3 Å². The Labute approximate surface area is 143 Å². The smallest absolute Gasteiger partial charge is 0.406 e. The third-order valence-corrected chi connectivity index (χ3v) is 4.10. The number of benzene rings is 1. The minimum Gasteiger partial charge on any atom is -0.406 e. The van der Waals surface area contributed by atoms with E-state index in [1.807, 2.05) is 4.90 Å². The van der Waals surface area contributed by atoms with Crippen molar-refractivity contribution in [3.05, 3.63) is 24.3 Å². The Morgan fingerprint density at radius 2 is 2.08 bits per heavy atom. The monoisotopic (exact) mass is 365 g/mol. The van der Waals surface area contributed by atoms with E-state index in [1.54, 1.807) is 6.07 Å². The molecule has 2 saturated heterocycles. The molecule has 2 fully saturated rings. The number of carbonyl (C=O) groups is 1. The van der Waals surface area contributed by atoms with Gasteiger partial charge in [-0.05, 0) is 18.6 Å². The second-order valence-corrected chi connectivity index (χ2v) is 5.84. The molecule has 0 bridgehead atoms. The van der Waals surface area contributed by atoms with Gasteiger partial charge in [0.15, 0.2) is 0 Å². The van der Waals surface area contributed by atoms with Crippen LogP contribution in [0.3, 0.4) is 0 Å². The predicted octanol–water partition coefficient (Wildman–Crippen LogP) is 1.92. The van der Waals surface area contributed by atoms with Gasteiger partial charge in [-0.1, -0.05) is 6.07 Å². The predicted molar refractivity (Wildman–Crippen MR) is 85.5 cm³/mol. The molecular weight excluding hydrogens is 347 g/mol. The molecule has 1 aromatic rings. The Morgan fingerprint density at radius 3 is 2.71 bits per heavy atom. The van der Waals surface area contributed by atoms with Crippen LogP contribution in [0.4, 0.5) is 18.9 Å². The molecule has 5 nitrogen and oxygen atoms in total. The summed E-state index contributed by atoms with van der Waals surface area (Å²) in [5.41, 5.74) is 0.661. The molecular formula is C15H19ClF3N3O2. The first-order chi connectivity index (χ1) is 10.9. The maximum Gasteiger partial charge on any atom is 0.573 e. The lowest BCUT2D eigenvalue weighted by Crippen LogP contribution is -2.53. The average Bonchev–Trinajstić information content (AvgIpc) is 2.83. The molecule has 2 heterocycles. The number of nitrogens with zero attached hydrogens (tertiary/aromatic N) is 1. The Hall–Kier alpha value is -1.67. The van der Waals surface area contributed by atoms with E-state index in [0.29, 0.717) is 31.9 Å². The van der Waals surface area contributed by atoms with Gasteiger partial charge in [0, 0.05) is 44.0 Å². The summed E-state index contributed by atoms with van der Waals surface area (Å²) in [4.78, 5) is 13.9. The molecule has 9 heteroatoms. The zero-order valence-corrected chi connectivity index (χ0v) is 13.6. The molecule has 0 radical (unpaired) electrons. The van der Waals surface area contributed by atoms with Crippen LogP contribution in [0.1, 0.15) is 6.42 Å². The summed E-state index contributed by atoms with van der Waals surface area (Å²) in [5, 5.41) is 6.05. The molecule has 1 atom stereocenters. The first kappa shape index (κ1) is 18.7. The molecule has 1 aromatic carbocycles. The molecule has 0 spiro atoms. The van der Waals surface area contributed by atoms with Crippen molar-refractivity contribution >= 4 is 24.0 Å². The van der Waals surface area contributed by atoms with Gasteiger partial charge in [0.1, 0.15) is 5.75 Å². The minimum absolute atomic E-state index is 0. The fraction of sp³-hybridized carbons (Fsp3) is 0.533. The number of halogens is 4. The molecule has 1 unspecified atom stereocenters. The summed E-state index contributed by atoms with van der Waals surface area (Å²) >= 11 is 0. The van der Waals surface area contributed by atoms with E-state index in [1.165, 1.54) is 18.2 Å². The Balaban J connectivity index is 0.00000208. The molecule has 0 aliphatic carbocycles. The number of amides is 1. The van der Waals surface area contributed by atoms with Gasteiger partial charge in [-0.2, -0.15) is 0 Å². The normalized spacial score (nSPS) is 21.0. The zero-order valence-electron chi connectivity index (χ0n) is 12.8. The first-order valence-electron chi connectivity index (χ1n) is 7.52. The molecule has 1 amide bonds. The minimum atomic E-state index is -4.70. The summed E-state index contributed by atoms with van der Waals surface area (Å²) < 4.78 is 40.8. The van der Waals surface area contributed by atoms with E-state index < -0.39 is 6.36 Å². The van der Waals surface area contributed by atoms with Crippen LogP contribution < -0.4 is 20.3 Å². The van der Waals surface area contributed by atoms with Crippen LogP contribution in [-0.2, 0) is 4.79 Å². The van der Waals surface area contributed by atoms with Gasteiger partial charge in [0.25, 0.3) is 0 Å². The van der Waals surface area contributed by atoms with Gasteiger partial charge in [0.05, 0.1) is 5.92 Å². The molecule has 0 saturated carbocycles. The van der Waals surface area contributed by atoms with Crippen molar-refractivity contribution in [2.75, 3.05) is 31.1 Å². The van der Waals surface area contributed by atoms with Crippen LogP contribution in [-0.4, -0.2) is 44.5 Å². The number of ether oxygens (including phenoxy) is 1. The van der Waals surface area contributed by atoms with Crippen LogP contribution in [0.5, 0.6) is 5.75 Å². The Kier molecular flexibility index (Phi) is 5.82. The standard InChI is InChI=1S/C15H18F3N3O2.ClH/c16-15(17,18)23-13-3-1-2-12(6-13)21-5-4-11(9-21)20-14(22)10-7-19-8-10;/h1-3,6,10-11,19H,4-5,7-9H2,(H,20,22);1H. The molecule has 2 aliphatic heterocycles.